The molecule has 0 fully saturated rings. The summed E-state index contributed by atoms with van der Waals surface area (Å²) < 4.78 is 16.0. The van der Waals surface area contributed by atoms with E-state index in [2.05, 4.69) is 11.4 Å². The molecule has 0 aliphatic carbocycles. The lowest BCUT2D eigenvalue weighted by Gasteiger charge is -2.22. The Morgan fingerprint density at radius 2 is 1.83 bits per heavy atom. The van der Waals surface area contributed by atoms with Gasteiger partial charge in [0.05, 0.1) is 12.6 Å². The van der Waals surface area contributed by atoms with Gasteiger partial charge in [-0.25, -0.2) is 0 Å². The molecule has 0 bridgehead atoms. The number of ether oxygens (including phenoxy) is 3. The summed E-state index contributed by atoms with van der Waals surface area (Å²) in [6, 6.07) is 8.13. The normalized spacial score (nSPS) is 12.7. The molecule has 0 aliphatic rings. The summed E-state index contributed by atoms with van der Waals surface area (Å²) in [6.45, 7) is 5.41. The summed E-state index contributed by atoms with van der Waals surface area (Å²) >= 11 is 0. The predicted octanol–water partition coefficient (Wildman–Crippen LogP) is 2.18. The van der Waals surface area contributed by atoms with Crippen molar-refractivity contribution in [2.75, 3.05) is 20.8 Å². The summed E-state index contributed by atoms with van der Waals surface area (Å²) in [6.07, 6.45) is -0.246. The highest BCUT2D eigenvalue weighted by Crippen LogP contribution is 2.17. The molecule has 1 aromatic rings. The zero-order valence-electron chi connectivity index (χ0n) is 11.6. The van der Waals surface area contributed by atoms with Gasteiger partial charge in [-0.1, -0.05) is 18.2 Å². The molecule has 4 heteroatoms. The zero-order chi connectivity index (χ0) is 13.4. The van der Waals surface area contributed by atoms with E-state index in [0.29, 0.717) is 6.61 Å². The van der Waals surface area contributed by atoms with Crippen molar-refractivity contribution in [1.82, 2.24) is 5.32 Å². The van der Waals surface area contributed by atoms with Crippen molar-refractivity contribution < 1.29 is 14.2 Å². The van der Waals surface area contributed by atoms with Crippen LogP contribution in [-0.2, 0) is 16.0 Å². The maximum Gasteiger partial charge on any atom is 0.171 e. The molecule has 1 aromatic carbocycles. The van der Waals surface area contributed by atoms with Crippen LogP contribution in [0.1, 0.15) is 19.4 Å². The number of hydrogen-bond donors (Lipinski definition) is 1. The number of rotatable bonds is 8. The molecule has 1 rings (SSSR count). The average Bonchev–Trinajstić information content (AvgIpc) is 2.39. The van der Waals surface area contributed by atoms with Crippen LogP contribution in [-0.4, -0.2) is 33.2 Å². The first-order chi connectivity index (χ1) is 8.72. The van der Waals surface area contributed by atoms with Crippen molar-refractivity contribution in [3.8, 4) is 5.75 Å². The van der Waals surface area contributed by atoms with E-state index >= 15 is 0 Å². The van der Waals surface area contributed by atoms with Crippen molar-refractivity contribution in [2.45, 2.75) is 32.7 Å². The Morgan fingerprint density at radius 3 is 2.44 bits per heavy atom. The monoisotopic (exact) mass is 253 g/mol. The fraction of sp³-hybridized carbons (Fsp3) is 0.571. The van der Waals surface area contributed by atoms with Crippen LogP contribution in [0.2, 0.25) is 0 Å². The Hall–Kier alpha value is -1.10. The minimum Gasteiger partial charge on any atom is -0.494 e. The summed E-state index contributed by atoms with van der Waals surface area (Å²) in [7, 11) is 3.28. The number of nitrogens with one attached hydrogen (secondary N) is 1. The van der Waals surface area contributed by atoms with Crippen molar-refractivity contribution in [1.29, 1.82) is 0 Å². The maximum atomic E-state index is 5.58. The molecule has 0 amide bonds. The molecule has 0 heterocycles. The second kappa shape index (κ2) is 8.08. The van der Waals surface area contributed by atoms with Crippen LogP contribution in [0.4, 0.5) is 0 Å². The van der Waals surface area contributed by atoms with Gasteiger partial charge in [0, 0.05) is 26.3 Å². The molecule has 4 nitrogen and oxygen atoms in total. The third-order valence-electron chi connectivity index (χ3n) is 2.76. The molecule has 102 valence electrons. The molecule has 18 heavy (non-hydrogen) atoms. The first kappa shape index (κ1) is 15.0. The topological polar surface area (TPSA) is 39.7 Å². The molecule has 1 atom stereocenters. The molecule has 0 aliphatic heterocycles. The second-order valence-corrected chi connectivity index (χ2v) is 4.05. The molecule has 1 N–H and O–H groups in total. The van der Waals surface area contributed by atoms with Gasteiger partial charge in [0.1, 0.15) is 5.75 Å². The van der Waals surface area contributed by atoms with Gasteiger partial charge in [-0.15, -0.1) is 0 Å². The fourth-order valence-electron chi connectivity index (χ4n) is 1.82. The minimum absolute atomic E-state index is 0.106. The fourth-order valence-corrected chi connectivity index (χ4v) is 1.82. The quantitative estimate of drug-likeness (QED) is 0.721. The Balaban J connectivity index is 2.57. The van der Waals surface area contributed by atoms with Gasteiger partial charge in [-0.3, -0.25) is 0 Å². The highest BCUT2D eigenvalue weighted by Gasteiger charge is 2.15. The number of para-hydroxylation sites is 1. The van der Waals surface area contributed by atoms with Gasteiger partial charge in [0.25, 0.3) is 0 Å². The van der Waals surface area contributed by atoms with E-state index in [0.717, 1.165) is 17.9 Å². The van der Waals surface area contributed by atoms with Crippen LogP contribution in [0.3, 0.4) is 0 Å². The van der Waals surface area contributed by atoms with Gasteiger partial charge in [0.15, 0.2) is 6.29 Å². The summed E-state index contributed by atoms with van der Waals surface area (Å²) in [5.41, 5.74) is 1.14. The molecule has 0 aromatic heterocycles. The number of methoxy groups -OCH3 is 2. The minimum atomic E-state index is -0.246. The zero-order valence-corrected chi connectivity index (χ0v) is 11.6. The van der Waals surface area contributed by atoms with Crippen LogP contribution in [0.25, 0.3) is 0 Å². The Bertz CT molecular complexity index is 340. The number of benzene rings is 1. The van der Waals surface area contributed by atoms with Gasteiger partial charge in [-0.2, -0.15) is 0 Å². The Labute approximate surface area is 109 Å². The van der Waals surface area contributed by atoms with Crippen LogP contribution >= 0.6 is 0 Å². The van der Waals surface area contributed by atoms with E-state index in [-0.39, 0.29) is 12.3 Å². The van der Waals surface area contributed by atoms with E-state index in [9.17, 15) is 0 Å². The molecule has 0 saturated heterocycles. The SMILES string of the molecule is CCOc1ccccc1CNC(C)C(OC)OC. The van der Waals surface area contributed by atoms with Crippen LogP contribution in [0.5, 0.6) is 5.75 Å². The van der Waals surface area contributed by atoms with E-state index in [1.54, 1.807) is 14.2 Å². The van der Waals surface area contributed by atoms with Gasteiger partial charge >= 0.3 is 0 Å². The summed E-state index contributed by atoms with van der Waals surface area (Å²) in [4.78, 5) is 0. The number of hydrogen-bond acceptors (Lipinski definition) is 4. The highest BCUT2D eigenvalue weighted by molar-refractivity contribution is 5.33. The summed E-state index contributed by atoms with van der Waals surface area (Å²) in [5, 5.41) is 3.37. The molecular weight excluding hydrogens is 230 g/mol. The van der Waals surface area contributed by atoms with Crippen molar-refractivity contribution in [3.63, 3.8) is 0 Å². The van der Waals surface area contributed by atoms with Crippen molar-refractivity contribution in [2.24, 2.45) is 0 Å². The first-order valence-electron chi connectivity index (χ1n) is 6.22. The van der Waals surface area contributed by atoms with Crippen LogP contribution < -0.4 is 10.1 Å². The van der Waals surface area contributed by atoms with Gasteiger partial charge < -0.3 is 19.5 Å². The average molecular weight is 253 g/mol. The Kier molecular flexibility index (Phi) is 6.72. The first-order valence-corrected chi connectivity index (χ1v) is 6.22. The van der Waals surface area contributed by atoms with E-state index < -0.39 is 0 Å². The molecular formula is C14H23NO3. The standard InChI is InChI=1S/C14H23NO3/c1-5-18-13-9-7-6-8-12(13)10-15-11(2)14(16-3)17-4/h6-9,11,14-15H,5,10H2,1-4H3. The van der Waals surface area contributed by atoms with Crippen molar-refractivity contribution >= 4 is 0 Å². The lowest BCUT2D eigenvalue weighted by atomic mass is 10.2. The smallest absolute Gasteiger partial charge is 0.171 e. The largest absolute Gasteiger partial charge is 0.494 e. The molecule has 0 spiro atoms. The molecule has 0 saturated carbocycles. The lowest BCUT2D eigenvalue weighted by Crippen LogP contribution is -2.39. The van der Waals surface area contributed by atoms with Gasteiger partial charge in [-0.05, 0) is 19.9 Å². The molecule has 1 unspecified atom stereocenters. The second-order valence-electron chi connectivity index (χ2n) is 4.05. The lowest BCUT2D eigenvalue weighted by molar-refractivity contribution is -0.119. The third-order valence-corrected chi connectivity index (χ3v) is 2.76. The van der Waals surface area contributed by atoms with Gasteiger partial charge in [0.2, 0.25) is 0 Å². The maximum absolute atomic E-state index is 5.58. The predicted molar refractivity (Wildman–Crippen MR) is 71.7 cm³/mol. The molecule has 0 radical (unpaired) electrons. The van der Waals surface area contributed by atoms with E-state index in [1.807, 2.05) is 32.0 Å². The van der Waals surface area contributed by atoms with E-state index in [1.165, 1.54) is 0 Å². The van der Waals surface area contributed by atoms with Crippen LogP contribution in [0, 0.1) is 0 Å². The Morgan fingerprint density at radius 1 is 1.17 bits per heavy atom. The van der Waals surface area contributed by atoms with Crippen LogP contribution in [0.15, 0.2) is 24.3 Å². The van der Waals surface area contributed by atoms with E-state index in [4.69, 9.17) is 14.2 Å². The van der Waals surface area contributed by atoms with Crippen molar-refractivity contribution in [3.05, 3.63) is 29.8 Å². The summed E-state index contributed by atoms with van der Waals surface area (Å²) in [5.74, 6) is 0.922. The highest BCUT2D eigenvalue weighted by atomic mass is 16.7. The third kappa shape index (κ3) is 4.29.